The van der Waals surface area contributed by atoms with Crippen LogP contribution in [0.1, 0.15) is 28.4 Å². The largest absolute Gasteiger partial charge is 0.416 e. The van der Waals surface area contributed by atoms with Gasteiger partial charge in [0.05, 0.1) is 12.1 Å². The minimum Gasteiger partial charge on any atom is -0.343 e. The molecule has 2 aromatic rings. The fourth-order valence-corrected chi connectivity index (χ4v) is 2.10. The zero-order chi connectivity index (χ0) is 18.4. The third-order valence-electron chi connectivity index (χ3n) is 3.53. The fourth-order valence-electron chi connectivity index (χ4n) is 2.10. The molecule has 2 aromatic carbocycles. The first-order chi connectivity index (χ1) is 11.8. The molecule has 0 bridgehead atoms. The van der Waals surface area contributed by atoms with Gasteiger partial charge in [-0.15, -0.1) is 0 Å². The smallest absolute Gasteiger partial charge is 0.343 e. The van der Waals surface area contributed by atoms with Crippen molar-refractivity contribution in [3.8, 4) is 0 Å². The predicted octanol–water partition coefficient (Wildman–Crippen LogP) is 3.64. The second-order valence-corrected chi connectivity index (χ2v) is 5.36. The summed E-state index contributed by atoms with van der Waals surface area (Å²) < 4.78 is 37.4. The van der Waals surface area contributed by atoms with Crippen molar-refractivity contribution in [2.45, 2.75) is 19.5 Å². The molecule has 0 heterocycles. The van der Waals surface area contributed by atoms with Crippen LogP contribution >= 0.6 is 0 Å². The number of nitrogens with one attached hydrogen (secondary N) is 2. The summed E-state index contributed by atoms with van der Waals surface area (Å²) in [6.07, 6.45) is -3.57. The van der Waals surface area contributed by atoms with E-state index < -0.39 is 23.6 Å². The van der Waals surface area contributed by atoms with Crippen molar-refractivity contribution in [3.05, 3.63) is 65.2 Å². The highest BCUT2D eigenvalue weighted by molar-refractivity contribution is 5.99. The zero-order valence-electron chi connectivity index (χ0n) is 13.5. The second-order valence-electron chi connectivity index (χ2n) is 5.36. The molecule has 0 aliphatic rings. The zero-order valence-corrected chi connectivity index (χ0v) is 13.5. The average Bonchev–Trinajstić information content (AvgIpc) is 2.59. The Labute approximate surface area is 143 Å². The molecule has 0 fully saturated rings. The Morgan fingerprint density at radius 1 is 0.960 bits per heavy atom. The van der Waals surface area contributed by atoms with Crippen LogP contribution in [0.2, 0.25) is 0 Å². The molecule has 132 valence electrons. The van der Waals surface area contributed by atoms with Crippen LogP contribution < -0.4 is 10.6 Å². The maximum atomic E-state index is 12.5. The van der Waals surface area contributed by atoms with Gasteiger partial charge >= 0.3 is 6.18 Å². The number of aryl methyl sites for hydroxylation is 1. The van der Waals surface area contributed by atoms with Gasteiger partial charge in [-0.25, -0.2) is 0 Å². The Kier molecular flexibility index (Phi) is 5.80. The summed E-state index contributed by atoms with van der Waals surface area (Å²) in [5, 5.41) is 4.89. The summed E-state index contributed by atoms with van der Waals surface area (Å²) in [5.74, 6) is -0.927. The standard InChI is InChI=1S/C18H17F3N2O2/c1-2-12-3-5-13(6-4-12)17(25)22-11-16(24)23-15-9-7-14(8-10-15)18(19,20)21/h3-10H,2,11H2,1H3,(H,22,25)(H,23,24). The van der Waals surface area contributed by atoms with E-state index in [0.29, 0.717) is 5.56 Å². The van der Waals surface area contributed by atoms with Crippen molar-refractivity contribution in [2.75, 3.05) is 11.9 Å². The van der Waals surface area contributed by atoms with E-state index in [2.05, 4.69) is 10.6 Å². The van der Waals surface area contributed by atoms with E-state index in [9.17, 15) is 22.8 Å². The molecule has 0 aromatic heterocycles. The van der Waals surface area contributed by atoms with Gasteiger partial charge in [0.1, 0.15) is 0 Å². The Bertz CT molecular complexity index is 738. The van der Waals surface area contributed by atoms with E-state index in [1.165, 1.54) is 0 Å². The van der Waals surface area contributed by atoms with E-state index in [0.717, 1.165) is 36.2 Å². The van der Waals surface area contributed by atoms with Crippen LogP contribution in [0.25, 0.3) is 0 Å². The summed E-state index contributed by atoms with van der Waals surface area (Å²) in [5.41, 5.74) is 0.949. The van der Waals surface area contributed by atoms with Crippen LogP contribution in [0.5, 0.6) is 0 Å². The summed E-state index contributed by atoms with van der Waals surface area (Å²) in [6.45, 7) is 1.72. The van der Waals surface area contributed by atoms with Crippen molar-refractivity contribution >= 4 is 17.5 Å². The van der Waals surface area contributed by atoms with Crippen molar-refractivity contribution in [1.82, 2.24) is 5.32 Å². The topological polar surface area (TPSA) is 58.2 Å². The van der Waals surface area contributed by atoms with Gasteiger partial charge in [0, 0.05) is 11.3 Å². The third kappa shape index (κ3) is 5.34. The molecule has 2 amide bonds. The summed E-state index contributed by atoms with van der Waals surface area (Å²) in [6, 6.07) is 11.1. The van der Waals surface area contributed by atoms with Crippen molar-refractivity contribution in [3.63, 3.8) is 0 Å². The molecule has 0 aliphatic heterocycles. The molecule has 0 spiro atoms. The first kappa shape index (κ1) is 18.5. The molecule has 0 saturated heterocycles. The van der Waals surface area contributed by atoms with Crippen molar-refractivity contribution < 1.29 is 22.8 Å². The van der Waals surface area contributed by atoms with Crippen molar-refractivity contribution in [2.24, 2.45) is 0 Å². The Morgan fingerprint density at radius 3 is 2.08 bits per heavy atom. The number of halogens is 3. The fraction of sp³-hybridized carbons (Fsp3) is 0.222. The Hall–Kier alpha value is -2.83. The van der Waals surface area contributed by atoms with Gasteiger partial charge in [0.15, 0.2) is 0 Å². The molecule has 0 atom stereocenters. The minimum atomic E-state index is -4.43. The van der Waals surface area contributed by atoms with Crippen molar-refractivity contribution in [1.29, 1.82) is 0 Å². The Morgan fingerprint density at radius 2 is 1.56 bits per heavy atom. The number of benzene rings is 2. The lowest BCUT2D eigenvalue weighted by Gasteiger charge is -2.09. The Balaban J connectivity index is 1.86. The molecule has 0 aliphatic carbocycles. The van der Waals surface area contributed by atoms with E-state index in [4.69, 9.17) is 0 Å². The van der Waals surface area contributed by atoms with Crippen LogP contribution in [0.15, 0.2) is 48.5 Å². The maximum absolute atomic E-state index is 12.5. The molecule has 25 heavy (non-hydrogen) atoms. The molecule has 0 radical (unpaired) electrons. The number of carbonyl (C=O) groups excluding carboxylic acids is 2. The van der Waals surface area contributed by atoms with Crippen LogP contribution in [-0.4, -0.2) is 18.4 Å². The molecule has 0 saturated carbocycles. The lowest BCUT2D eigenvalue weighted by Crippen LogP contribution is -2.32. The normalized spacial score (nSPS) is 11.0. The summed E-state index contributed by atoms with van der Waals surface area (Å²) >= 11 is 0. The lowest BCUT2D eigenvalue weighted by atomic mass is 10.1. The highest BCUT2D eigenvalue weighted by Gasteiger charge is 2.29. The van der Waals surface area contributed by atoms with Gasteiger partial charge in [-0.2, -0.15) is 13.2 Å². The molecular weight excluding hydrogens is 333 g/mol. The van der Waals surface area contributed by atoms with Crippen LogP contribution in [0.4, 0.5) is 18.9 Å². The molecule has 7 heteroatoms. The number of hydrogen-bond donors (Lipinski definition) is 2. The minimum absolute atomic E-state index is 0.222. The molecular formula is C18H17F3N2O2. The van der Waals surface area contributed by atoms with E-state index in [1.54, 1.807) is 12.1 Å². The van der Waals surface area contributed by atoms with Crippen LogP contribution in [0, 0.1) is 0 Å². The average molecular weight is 350 g/mol. The number of anilines is 1. The highest BCUT2D eigenvalue weighted by Crippen LogP contribution is 2.29. The van der Waals surface area contributed by atoms with Gasteiger partial charge in [0.2, 0.25) is 5.91 Å². The number of alkyl halides is 3. The second kappa shape index (κ2) is 7.83. The van der Waals surface area contributed by atoms with Gasteiger partial charge < -0.3 is 10.6 Å². The summed E-state index contributed by atoms with van der Waals surface area (Å²) in [7, 11) is 0. The molecule has 4 nitrogen and oxygen atoms in total. The lowest BCUT2D eigenvalue weighted by molar-refractivity contribution is -0.137. The maximum Gasteiger partial charge on any atom is 0.416 e. The highest BCUT2D eigenvalue weighted by atomic mass is 19.4. The monoisotopic (exact) mass is 350 g/mol. The first-order valence-corrected chi connectivity index (χ1v) is 7.64. The number of hydrogen-bond acceptors (Lipinski definition) is 2. The molecule has 2 N–H and O–H groups in total. The predicted molar refractivity (Wildman–Crippen MR) is 88.2 cm³/mol. The van der Waals surface area contributed by atoms with E-state index in [-0.39, 0.29) is 12.2 Å². The summed E-state index contributed by atoms with van der Waals surface area (Å²) in [4.78, 5) is 23.7. The number of amides is 2. The quantitative estimate of drug-likeness (QED) is 0.865. The van der Waals surface area contributed by atoms with E-state index in [1.807, 2.05) is 19.1 Å². The number of carbonyl (C=O) groups is 2. The first-order valence-electron chi connectivity index (χ1n) is 7.64. The third-order valence-corrected chi connectivity index (χ3v) is 3.53. The number of rotatable bonds is 5. The van der Waals surface area contributed by atoms with E-state index >= 15 is 0 Å². The van der Waals surface area contributed by atoms with Crippen LogP contribution in [0.3, 0.4) is 0 Å². The van der Waals surface area contributed by atoms with Gasteiger partial charge in [-0.3, -0.25) is 9.59 Å². The van der Waals surface area contributed by atoms with Crippen LogP contribution in [-0.2, 0) is 17.4 Å². The van der Waals surface area contributed by atoms with Gasteiger partial charge in [-0.1, -0.05) is 19.1 Å². The molecule has 0 unspecified atom stereocenters. The molecule has 2 rings (SSSR count). The SMILES string of the molecule is CCc1ccc(C(=O)NCC(=O)Nc2ccc(C(F)(F)F)cc2)cc1. The van der Waals surface area contributed by atoms with Gasteiger partial charge in [-0.05, 0) is 48.4 Å². The van der Waals surface area contributed by atoms with Gasteiger partial charge in [0.25, 0.3) is 5.91 Å².